The van der Waals surface area contributed by atoms with E-state index < -0.39 is 11.9 Å². The highest BCUT2D eigenvalue weighted by Crippen LogP contribution is 2.37. The molecule has 1 saturated carbocycles. The lowest BCUT2D eigenvalue weighted by Gasteiger charge is -2.48. The maximum absolute atomic E-state index is 14.1. The average Bonchev–Trinajstić information content (AvgIpc) is 3.16. The number of amides is 3. The molecule has 1 aromatic heterocycles. The first-order chi connectivity index (χ1) is 17.5. The zero-order valence-electron chi connectivity index (χ0n) is 20.0. The fourth-order valence-corrected chi connectivity index (χ4v) is 6.13. The van der Waals surface area contributed by atoms with Gasteiger partial charge >= 0.3 is 0 Å². The number of carbonyl (C=O) groups is 3. The van der Waals surface area contributed by atoms with E-state index in [1.807, 2.05) is 12.1 Å². The third-order valence-electron chi connectivity index (χ3n) is 8.07. The van der Waals surface area contributed by atoms with Crippen LogP contribution in [0.2, 0.25) is 0 Å². The van der Waals surface area contributed by atoms with Crippen LogP contribution in [0.25, 0.3) is 0 Å². The van der Waals surface area contributed by atoms with E-state index in [1.165, 1.54) is 6.20 Å². The summed E-state index contributed by atoms with van der Waals surface area (Å²) >= 11 is 0. The lowest BCUT2D eigenvalue weighted by Crippen LogP contribution is -2.57. The number of aromatic nitrogens is 1. The maximum Gasteiger partial charge on any atom is 0.255 e. The lowest BCUT2D eigenvalue weighted by molar-refractivity contribution is -0.136. The zero-order chi connectivity index (χ0) is 24.8. The molecule has 3 atom stereocenters. The van der Waals surface area contributed by atoms with Crippen molar-refractivity contribution < 1.29 is 23.5 Å². The number of imide groups is 1. The van der Waals surface area contributed by atoms with E-state index in [1.54, 1.807) is 23.2 Å². The average molecular weight is 493 g/mol. The second-order valence-electron chi connectivity index (χ2n) is 10.3. The van der Waals surface area contributed by atoms with Crippen molar-refractivity contribution in [2.24, 2.45) is 0 Å². The Morgan fingerprint density at radius 2 is 1.89 bits per heavy atom. The van der Waals surface area contributed by atoms with Gasteiger partial charge in [-0.2, -0.15) is 0 Å². The Morgan fingerprint density at radius 1 is 1.06 bits per heavy atom. The number of nitrogens with zero attached hydrogens (tertiary/aromatic N) is 3. The lowest BCUT2D eigenvalue weighted by atomic mass is 9.84. The molecule has 8 nitrogen and oxygen atoms in total. The summed E-state index contributed by atoms with van der Waals surface area (Å²) in [6.45, 7) is 1.95. The summed E-state index contributed by atoms with van der Waals surface area (Å²) in [4.78, 5) is 44.6. The molecule has 1 aromatic carbocycles. The molecule has 2 aromatic rings. The molecule has 3 aliphatic heterocycles. The molecule has 1 N–H and O–H groups in total. The molecule has 4 aliphatic rings. The summed E-state index contributed by atoms with van der Waals surface area (Å²) in [5, 5.41) is 2.34. The van der Waals surface area contributed by atoms with E-state index in [9.17, 15) is 18.8 Å². The Balaban J connectivity index is 1.12. The SMILES string of the molecule is O=C1CC[C@@H](N2Cc3cc(O[C@@H]4CCCC[C@@H]4N4CC(c5ccncc5F)C4)ccc3C2=O)C(=O)N1. The number of nitrogens with one attached hydrogen (secondary N) is 1. The largest absolute Gasteiger partial charge is 0.489 e. The number of benzene rings is 1. The highest BCUT2D eigenvalue weighted by Gasteiger charge is 2.41. The molecule has 1 aliphatic carbocycles. The van der Waals surface area contributed by atoms with E-state index >= 15 is 0 Å². The smallest absolute Gasteiger partial charge is 0.255 e. The van der Waals surface area contributed by atoms with Crippen molar-refractivity contribution in [2.45, 2.75) is 69.2 Å². The van der Waals surface area contributed by atoms with Gasteiger partial charge in [0.2, 0.25) is 11.8 Å². The van der Waals surface area contributed by atoms with Crippen molar-refractivity contribution in [1.82, 2.24) is 20.1 Å². The van der Waals surface area contributed by atoms with E-state index in [0.717, 1.165) is 55.6 Å². The van der Waals surface area contributed by atoms with Crippen LogP contribution in [-0.4, -0.2) is 63.8 Å². The molecule has 0 unspecified atom stereocenters. The van der Waals surface area contributed by atoms with Crippen LogP contribution < -0.4 is 10.1 Å². The minimum atomic E-state index is -0.626. The first-order valence-corrected chi connectivity index (χ1v) is 12.8. The number of likely N-dealkylation sites (tertiary alicyclic amines) is 1. The normalized spacial score (nSPS) is 27.0. The Morgan fingerprint density at radius 3 is 2.69 bits per heavy atom. The van der Waals surface area contributed by atoms with Gasteiger partial charge in [0, 0.05) is 49.8 Å². The van der Waals surface area contributed by atoms with E-state index in [2.05, 4.69) is 15.2 Å². The van der Waals surface area contributed by atoms with Crippen LogP contribution in [0.1, 0.15) is 65.9 Å². The monoisotopic (exact) mass is 492 g/mol. The number of piperidine rings is 1. The standard InChI is InChI=1S/C27H29FN4O4/c28-21-12-29-10-9-19(21)17-13-31(14-17)22-3-1-2-4-24(22)36-18-5-6-20-16(11-18)15-32(27(20)35)23-7-8-25(33)30-26(23)34/h5-6,9-12,17,22-24H,1-4,7-8,13-15H2,(H,30,33,34)/t22-,23+,24+/m0/s1. The molecule has 3 amide bonds. The van der Waals surface area contributed by atoms with Crippen LogP contribution in [0.5, 0.6) is 5.75 Å². The highest BCUT2D eigenvalue weighted by atomic mass is 19.1. The quantitative estimate of drug-likeness (QED) is 0.646. The summed E-state index contributed by atoms with van der Waals surface area (Å²) < 4.78 is 20.6. The molecule has 36 heavy (non-hydrogen) atoms. The molecule has 188 valence electrons. The molecule has 0 spiro atoms. The topological polar surface area (TPSA) is 91.8 Å². The van der Waals surface area contributed by atoms with Crippen LogP contribution in [0.4, 0.5) is 4.39 Å². The van der Waals surface area contributed by atoms with Gasteiger partial charge < -0.3 is 9.64 Å². The van der Waals surface area contributed by atoms with Crippen LogP contribution in [0, 0.1) is 5.82 Å². The predicted molar refractivity (Wildman–Crippen MR) is 128 cm³/mol. The van der Waals surface area contributed by atoms with Crippen molar-refractivity contribution in [3.05, 3.63) is 59.2 Å². The number of halogens is 1. The first kappa shape index (κ1) is 23.1. The van der Waals surface area contributed by atoms with E-state index in [-0.39, 0.29) is 42.1 Å². The number of hydrogen-bond donors (Lipinski definition) is 1. The fraction of sp³-hybridized carbons (Fsp3) is 0.481. The Bertz CT molecular complexity index is 1210. The molecule has 2 saturated heterocycles. The van der Waals surface area contributed by atoms with Gasteiger partial charge in [0.25, 0.3) is 5.91 Å². The van der Waals surface area contributed by atoms with Gasteiger partial charge in [-0.05, 0) is 61.1 Å². The van der Waals surface area contributed by atoms with Crippen molar-refractivity contribution >= 4 is 17.7 Å². The Hall–Kier alpha value is -3.33. The maximum atomic E-state index is 14.1. The van der Waals surface area contributed by atoms with Crippen LogP contribution in [-0.2, 0) is 16.1 Å². The number of carbonyl (C=O) groups excluding carboxylic acids is 3. The van der Waals surface area contributed by atoms with Gasteiger partial charge in [0.15, 0.2) is 0 Å². The van der Waals surface area contributed by atoms with Crippen LogP contribution in [0.15, 0.2) is 36.7 Å². The summed E-state index contributed by atoms with van der Waals surface area (Å²) in [6, 6.07) is 6.95. The minimum Gasteiger partial charge on any atom is -0.489 e. The van der Waals surface area contributed by atoms with Crippen molar-refractivity contribution in [3.63, 3.8) is 0 Å². The second-order valence-corrected chi connectivity index (χ2v) is 10.3. The molecule has 0 radical (unpaired) electrons. The minimum absolute atomic E-state index is 0.0309. The fourth-order valence-electron chi connectivity index (χ4n) is 6.13. The molecule has 4 heterocycles. The number of rotatable bonds is 5. The zero-order valence-corrected chi connectivity index (χ0v) is 20.0. The summed E-state index contributed by atoms with van der Waals surface area (Å²) in [5.41, 5.74) is 2.15. The van der Waals surface area contributed by atoms with Crippen LogP contribution in [0.3, 0.4) is 0 Å². The molecule has 9 heteroatoms. The molecular formula is C27H29FN4O4. The van der Waals surface area contributed by atoms with Gasteiger partial charge in [0.05, 0.1) is 6.20 Å². The molecule has 0 bridgehead atoms. The number of hydrogen-bond acceptors (Lipinski definition) is 6. The predicted octanol–water partition coefficient (Wildman–Crippen LogP) is 2.77. The van der Waals surface area contributed by atoms with Crippen LogP contribution >= 0.6 is 0 Å². The first-order valence-electron chi connectivity index (χ1n) is 12.8. The highest BCUT2D eigenvalue weighted by molar-refractivity contribution is 6.05. The third-order valence-corrected chi connectivity index (χ3v) is 8.07. The van der Waals surface area contributed by atoms with Crippen molar-refractivity contribution in [1.29, 1.82) is 0 Å². The van der Waals surface area contributed by atoms with Gasteiger partial charge in [-0.25, -0.2) is 4.39 Å². The summed E-state index contributed by atoms with van der Waals surface area (Å²) in [6.07, 6.45) is 7.79. The molecule has 6 rings (SSSR count). The molecular weight excluding hydrogens is 463 g/mol. The number of pyridine rings is 1. The van der Waals surface area contributed by atoms with Crippen molar-refractivity contribution in [2.75, 3.05) is 13.1 Å². The van der Waals surface area contributed by atoms with E-state index in [4.69, 9.17) is 4.74 Å². The van der Waals surface area contributed by atoms with Gasteiger partial charge in [-0.15, -0.1) is 0 Å². The van der Waals surface area contributed by atoms with Gasteiger partial charge in [-0.3, -0.25) is 29.6 Å². The number of fused-ring (bicyclic) bond motifs is 1. The number of ether oxygens (including phenoxy) is 1. The van der Waals surface area contributed by atoms with Crippen molar-refractivity contribution in [3.8, 4) is 5.75 Å². The van der Waals surface area contributed by atoms with E-state index in [0.29, 0.717) is 18.5 Å². The Labute approximate surface area is 208 Å². The second kappa shape index (κ2) is 9.28. The Kier molecular flexibility index (Phi) is 5.95. The third kappa shape index (κ3) is 4.15. The summed E-state index contributed by atoms with van der Waals surface area (Å²) in [7, 11) is 0. The van der Waals surface area contributed by atoms with Gasteiger partial charge in [0.1, 0.15) is 23.7 Å². The molecule has 3 fully saturated rings. The summed E-state index contributed by atoms with van der Waals surface area (Å²) in [5.74, 6) is -0.221. The van der Waals surface area contributed by atoms with Gasteiger partial charge in [-0.1, -0.05) is 6.42 Å².